The molecule has 2 heterocycles. The molecule has 0 fully saturated rings. The minimum absolute atomic E-state index is 0.0134. The molecule has 6 heteroatoms. The topological polar surface area (TPSA) is 72.3 Å². The Bertz CT molecular complexity index is 1170. The number of carbonyl (C=O) groups is 1. The van der Waals surface area contributed by atoms with Crippen LogP contribution in [0, 0.1) is 5.82 Å². The van der Waals surface area contributed by atoms with E-state index < -0.39 is 11.8 Å². The molecule has 0 saturated carbocycles. The summed E-state index contributed by atoms with van der Waals surface area (Å²) in [6, 6.07) is 16.6. The van der Waals surface area contributed by atoms with Gasteiger partial charge in [0.2, 0.25) is 0 Å². The zero-order valence-corrected chi connectivity index (χ0v) is 14.9. The normalized spacial score (nSPS) is 10.8. The summed E-state index contributed by atoms with van der Waals surface area (Å²) in [4.78, 5) is 20.5. The van der Waals surface area contributed by atoms with E-state index in [0.717, 1.165) is 16.9 Å². The summed E-state index contributed by atoms with van der Waals surface area (Å²) in [6.07, 6.45) is 1.70. The summed E-state index contributed by atoms with van der Waals surface area (Å²) < 4.78 is 18.7. The monoisotopic (exact) mass is 374 g/mol. The fourth-order valence-corrected chi connectivity index (χ4v) is 3.01. The van der Waals surface area contributed by atoms with Crippen LogP contribution in [0.4, 0.5) is 4.39 Å². The van der Waals surface area contributed by atoms with Gasteiger partial charge in [0.1, 0.15) is 11.6 Å². The minimum atomic E-state index is -1.14. The second kappa shape index (κ2) is 7.08. The molecule has 0 radical (unpaired) electrons. The Labute approximate surface area is 160 Å². The van der Waals surface area contributed by atoms with E-state index in [4.69, 9.17) is 4.74 Å². The Balaban J connectivity index is 1.75. The molecule has 0 unspecified atom stereocenters. The number of rotatable bonds is 4. The Morgan fingerprint density at radius 3 is 2.36 bits per heavy atom. The van der Waals surface area contributed by atoms with Crippen LogP contribution in [0.25, 0.3) is 33.4 Å². The first kappa shape index (κ1) is 17.6. The van der Waals surface area contributed by atoms with Crippen LogP contribution in [0.2, 0.25) is 0 Å². The van der Waals surface area contributed by atoms with Gasteiger partial charge in [-0.25, -0.2) is 14.2 Å². The lowest BCUT2D eigenvalue weighted by atomic mass is 10.0. The van der Waals surface area contributed by atoms with Gasteiger partial charge < -0.3 is 9.84 Å². The van der Waals surface area contributed by atoms with E-state index in [1.165, 1.54) is 24.3 Å². The number of pyridine rings is 2. The second-order valence-electron chi connectivity index (χ2n) is 6.18. The standard InChI is InChI=1S/C22H15FN2O3/c1-28-16-6-2-13(3-7-16)14-4-8-20(24-12-14)21-11-18(22(26)27)17-10-15(23)5-9-19(17)25-21/h2-12H,1H3,(H,26,27). The molecule has 0 saturated heterocycles. The number of halogens is 1. The number of hydrogen-bond acceptors (Lipinski definition) is 4. The van der Waals surface area contributed by atoms with Gasteiger partial charge in [0.05, 0.1) is 29.6 Å². The summed E-state index contributed by atoms with van der Waals surface area (Å²) in [6.45, 7) is 0. The van der Waals surface area contributed by atoms with Crippen molar-refractivity contribution in [1.29, 1.82) is 0 Å². The Morgan fingerprint density at radius 2 is 1.71 bits per heavy atom. The van der Waals surface area contributed by atoms with E-state index in [1.807, 2.05) is 30.3 Å². The van der Waals surface area contributed by atoms with Crippen molar-refractivity contribution in [2.24, 2.45) is 0 Å². The molecule has 0 aliphatic heterocycles. The number of carboxylic acids is 1. The number of aromatic carboxylic acids is 1. The smallest absolute Gasteiger partial charge is 0.336 e. The van der Waals surface area contributed by atoms with E-state index in [1.54, 1.807) is 19.4 Å². The van der Waals surface area contributed by atoms with Crippen molar-refractivity contribution in [3.05, 3.63) is 78.2 Å². The summed E-state index contributed by atoms with van der Waals surface area (Å²) >= 11 is 0. The maximum Gasteiger partial charge on any atom is 0.336 e. The van der Waals surface area contributed by atoms with Gasteiger partial charge in [-0.3, -0.25) is 4.98 Å². The molecule has 0 spiro atoms. The van der Waals surface area contributed by atoms with Gasteiger partial charge in [-0.15, -0.1) is 0 Å². The van der Waals surface area contributed by atoms with E-state index in [2.05, 4.69) is 9.97 Å². The lowest BCUT2D eigenvalue weighted by Crippen LogP contribution is -2.01. The molecule has 0 atom stereocenters. The molecule has 2 aromatic carbocycles. The predicted molar refractivity (Wildman–Crippen MR) is 104 cm³/mol. The highest BCUT2D eigenvalue weighted by Gasteiger charge is 2.14. The van der Waals surface area contributed by atoms with Gasteiger partial charge in [-0.2, -0.15) is 0 Å². The van der Waals surface area contributed by atoms with Gasteiger partial charge in [-0.05, 0) is 48.0 Å². The third-order valence-electron chi connectivity index (χ3n) is 4.45. The first-order valence-corrected chi connectivity index (χ1v) is 8.49. The third kappa shape index (κ3) is 3.27. The van der Waals surface area contributed by atoms with E-state index in [9.17, 15) is 14.3 Å². The number of benzene rings is 2. The first-order chi connectivity index (χ1) is 13.5. The molecule has 1 N–H and O–H groups in total. The highest BCUT2D eigenvalue weighted by molar-refractivity contribution is 6.03. The summed E-state index contributed by atoms with van der Waals surface area (Å²) in [5, 5.41) is 9.76. The molecule has 4 aromatic rings. The largest absolute Gasteiger partial charge is 0.497 e. The zero-order valence-electron chi connectivity index (χ0n) is 14.9. The highest BCUT2D eigenvalue weighted by Crippen LogP contribution is 2.27. The fraction of sp³-hybridized carbons (Fsp3) is 0.0455. The van der Waals surface area contributed by atoms with E-state index in [-0.39, 0.29) is 10.9 Å². The van der Waals surface area contributed by atoms with Crippen LogP contribution < -0.4 is 4.74 Å². The zero-order chi connectivity index (χ0) is 19.7. The van der Waals surface area contributed by atoms with Crippen LogP contribution in [0.3, 0.4) is 0 Å². The van der Waals surface area contributed by atoms with Crippen LogP contribution in [0.5, 0.6) is 5.75 Å². The van der Waals surface area contributed by atoms with Crippen molar-refractivity contribution in [3.63, 3.8) is 0 Å². The lowest BCUT2D eigenvalue weighted by Gasteiger charge is -2.08. The van der Waals surface area contributed by atoms with E-state index in [0.29, 0.717) is 16.9 Å². The van der Waals surface area contributed by atoms with Gasteiger partial charge in [0.15, 0.2) is 0 Å². The van der Waals surface area contributed by atoms with Crippen molar-refractivity contribution in [2.75, 3.05) is 7.11 Å². The molecular formula is C22H15FN2O3. The molecule has 0 aliphatic carbocycles. The number of fused-ring (bicyclic) bond motifs is 1. The van der Waals surface area contributed by atoms with Crippen molar-refractivity contribution in [3.8, 4) is 28.3 Å². The van der Waals surface area contributed by atoms with Crippen LogP contribution in [0.15, 0.2) is 66.9 Å². The molecule has 0 aliphatic rings. The van der Waals surface area contributed by atoms with Crippen molar-refractivity contribution in [1.82, 2.24) is 9.97 Å². The number of nitrogens with zero attached hydrogens (tertiary/aromatic N) is 2. The molecule has 2 aromatic heterocycles. The molecule has 5 nitrogen and oxygen atoms in total. The molecule has 138 valence electrons. The van der Waals surface area contributed by atoms with Crippen molar-refractivity contribution >= 4 is 16.9 Å². The average molecular weight is 374 g/mol. The number of methoxy groups -OCH3 is 1. The Kier molecular flexibility index (Phi) is 4.45. The molecular weight excluding hydrogens is 359 g/mol. The van der Waals surface area contributed by atoms with Gasteiger partial charge >= 0.3 is 5.97 Å². The number of hydrogen-bond donors (Lipinski definition) is 1. The highest BCUT2D eigenvalue weighted by atomic mass is 19.1. The van der Waals surface area contributed by atoms with Crippen molar-refractivity contribution < 1.29 is 19.0 Å². The summed E-state index contributed by atoms with van der Waals surface area (Å²) in [7, 11) is 1.61. The molecule has 4 rings (SSSR count). The van der Waals surface area contributed by atoms with Gasteiger partial charge in [-0.1, -0.05) is 18.2 Å². The van der Waals surface area contributed by atoms with Crippen LogP contribution in [-0.2, 0) is 0 Å². The van der Waals surface area contributed by atoms with E-state index >= 15 is 0 Å². The van der Waals surface area contributed by atoms with Gasteiger partial charge in [0, 0.05) is 17.1 Å². The summed E-state index contributed by atoms with van der Waals surface area (Å²) in [5.74, 6) is -0.882. The predicted octanol–water partition coefficient (Wildman–Crippen LogP) is 4.81. The maximum absolute atomic E-state index is 13.5. The lowest BCUT2D eigenvalue weighted by molar-refractivity contribution is 0.0699. The van der Waals surface area contributed by atoms with Crippen LogP contribution in [-0.4, -0.2) is 28.2 Å². The number of carboxylic acid groups (broad SMARTS) is 1. The fourth-order valence-electron chi connectivity index (χ4n) is 3.01. The van der Waals surface area contributed by atoms with Gasteiger partial charge in [0.25, 0.3) is 0 Å². The SMILES string of the molecule is COc1ccc(-c2ccc(-c3cc(C(=O)O)c4cc(F)ccc4n3)nc2)cc1. The molecule has 0 bridgehead atoms. The molecule has 28 heavy (non-hydrogen) atoms. The van der Waals surface area contributed by atoms with Crippen molar-refractivity contribution in [2.45, 2.75) is 0 Å². The Hall–Kier alpha value is -3.80. The average Bonchev–Trinajstić information content (AvgIpc) is 2.73. The van der Waals surface area contributed by atoms with Crippen LogP contribution in [0.1, 0.15) is 10.4 Å². The minimum Gasteiger partial charge on any atom is -0.497 e. The Morgan fingerprint density at radius 1 is 0.964 bits per heavy atom. The second-order valence-corrected chi connectivity index (χ2v) is 6.18. The molecule has 0 amide bonds. The summed E-state index contributed by atoms with van der Waals surface area (Å²) in [5.41, 5.74) is 3.22. The number of aromatic nitrogens is 2. The van der Waals surface area contributed by atoms with Crippen LogP contribution >= 0.6 is 0 Å². The maximum atomic E-state index is 13.5. The quantitative estimate of drug-likeness (QED) is 0.555. The third-order valence-corrected chi connectivity index (χ3v) is 4.45. The first-order valence-electron chi connectivity index (χ1n) is 8.49. The number of ether oxygens (including phenoxy) is 1.